The number of rotatable bonds is 5. The first-order valence-electron chi connectivity index (χ1n) is 8.14. The van der Waals surface area contributed by atoms with E-state index in [0.29, 0.717) is 11.2 Å². The monoisotopic (exact) mass is 281 g/mol. The summed E-state index contributed by atoms with van der Waals surface area (Å²) in [5.41, 5.74) is 1.61. The first kappa shape index (κ1) is 13.1. The maximum absolute atomic E-state index is 10.5. The minimum atomic E-state index is 0.200. The maximum Gasteiger partial charge on any atom is 0.128 e. The summed E-state index contributed by atoms with van der Waals surface area (Å²) in [5, 5.41) is 16.3. The molecule has 0 aromatic heterocycles. The molecular formula is C19H23NO. The van der Waals surface area contributed by atoms with E-state index in [1.54, 1.807) is 0 Å². The molecule has 1 atom stereocenters. The normalized spacial score (nSPS) is 21.4. The van der Waals surface area contributed by atoms with Crippen molar-refractivity contribution in [2.75, 3.05) is 6.54 Å². The van der Waals surface area contributed by atoms with Crippen molar-refractivity contribution < 1.29 is 5.11 Å². The lowest BCUT2D eigenvalue weighted by molar-refractivity contribution is 0.376. The van der Waals surface area contributed by atoms with Crippen molar-refractivity contribution in [1.29, 1.82) is 0 Å². The van der Waals surface area contributed by atoms with Crippen molar-refractivity contribution in [3.8, 4) is 5.75 Å². The molecule has 0 bridgehead atoms. The minimum absolute atomic E-state index is 0.200. The average molecular weight is 281 g/mol. The SMILES string of the molecule is CC(NCC1(C2CC2)CC1)c1ccc2ccccc2c1O. The molecule has 4 rings (SSSR count). The van der Waals surface area contributed by atoms with E-state index in [9.17, 15) is 5.11 Å². The van der Waals surface area contributed by atoms with Crippen molar-refractivity contribution in [3.63, 3.8) is 0 Å². The Hall–Kier alpha value is -1.54. The molecule has 2 aromatic carbocycles. The van der Waals surface area contributed by atoms with E-state index in [0.717, 1.165) is 28.8 Å². The van der Waals surface area contributed by atoms with E-state index >= 15 is 0 Å². The highest BCUT2D eigenvalue weighted by atomic mass is 16.3. The Balaban J connectivity index is 1.53. The number of phenolic OH excluding ortho intramolecular Hbond substituents is 1. The van der Waals surface area contributed by atoms with Gasteiger partial charge in [-0.3, -0.25) is 0 Å². The van der Waals surface area contributed by atoms with Crippen LogP contribution in [0.25, 0.3) is 10.8 Å². The first-order chi connectivity index (χ1) is 10.2. The molecule has 2 nitrogen and oxygen atoms in total. The summed E-state index contributed by atoms with van der Waals surface area (Å²) >= 11 is 0. The number of hydrogen-bond acceptors (Lipinski definition) is 2. The Labute approximate surface area is 126 Å². The van der Waals surface area contributed by atoms with Crippen molar-refractivity contribution >= 4 is 10.8 Å². The summed E-state index contributed by atoms with van der Waals surface area (Å²) in [7, 11) is 0. The lowest BCUT2D eigenvalue weighted by Crippen LogP contribution is -2.28. The molecule has 2 aliphatic rings. The Morgan fingerprint density at radius 3 is 2.67 bits per heavy atom. The summed E-state index contributed by atoms with van der Waals surface area (Å²) in [6, 6.07) is 12.4. The van der Waals surface area contributed by atoms with Crippen LogP contribution in [0.1, 0.15) is 44.2 Å². The number of hydrogen-bond donors (Lipinski definition) is 2. The molecule has 110 valence electrons. The van der Waals surface area contributed by atoms with Gasteiger partial charge in [0.15, 0.2) is 0 Å². The standard InChI is InChI=1S/C19H23NO/c1-13(20-12-19(10-11-19)15-7-8-15)16-9-6-14-4-2-3-5-17(14)18(16)21/h2-6,9,13,15,20-21H,7-8,10-12H2,1H3. The Kier molecular flexibility index (Phi) is 2.97. The summed E-state index contributed by atoms with van der Waals surface area (Å²) in [6.07, 6.45) is 5.64. The van der Waals surface area contributed by atoms with Gasteiger partial charge in [-0.15, -0.1) is 0 Å². The van der Waals surface area contributed by atoms with Crippen LogP contribution in [0.15, 0.2) is 36.4 Å². The molecule has 2 aromatic rings. The number of phenols is 1. The quantitative estimate of drug-likeness (QED) is 0.852. The van der Waals surface area contributed by atoms with Gasteiger partial charge in [-0.25, -0.2) is 0 Å². The molecule has 0 spiro atoms. The molecule has 0 radical (unpaired) electrons. The Bertz CT molecular complexity index is 670. The van der Waals surface area contributed by atoms with Crippen molar-refractivity contribution in [1.82, 2.24) is 5.32 Å². The molecule has 2 saturated carbocycles. The van der Waals surface area contributed by atoms with Crippen LogP contribution >= 0.6 is 0 Å². The summed E-state index contributed by atoms with van der Waals surface area (Å²) in [6.45, 7) is 3.26. The van der Waals surface area contributed by atoms with Crippen LogP contribution in [0.4, 0.5) is 0 Å². The molecule has 2 N–H and O–H groups in total. The third-order valence-corrected chi connectivity index (χ3v) is 5.49. The lowest BCUT2D eigenvalue weighted by atomic mass is 9.98. The second-order valence-corrected chi connectivity index (χ2v) is 6.96. The Morgan fingerprint density at radius 2 is 1.95 bits per heavy atom. The molecule has 0 aliphatic heterocycles. The fourth-order valence-electron chi connectivity index (χ4n) is 3.67. The fourth-order valence-corrected chi connectivity index (χ4v) is 3.67. The predicted octanol–water partition coefficient (Wildman–Crippen LogP) is 4.39. The second kappa shape index (κ2) is 4.74. The van der Waals surface area contributed by atoms with Crippen LogP contribution in [-0.4, -0.2) is 11.7 Å². The molecule has 21 heavy (non-hydrogen) atoms. The summed E-state index contributed by atoms with van der Waals surface area (Å²) < 4.78 is 0. The van der Waals surface area contributed by atoms with Crippen LogP contribution in [0.3, 0.4) is 0 Å². The summed E-state index contributed by atoms with van der Waals surface area (Å²) in [4.78, 5) is 0. The van der Waals surface area contributed by atoms with Gasteiger partial charge in [-0.1, -0.05) is 36.4 Å². The van der Waals surface area contributed by atoms with E-state index in [1.807, 2.05) is 24.3 Å². The number of aromatic hydroxyl groups is 1. The van der Waals surface area contributed by atoms with E-state index in [4.69, 9.17) is 0 Å². The number of benzene rings is 2. The molecule has 0 saturated heterocycles. The predicted molar refractivity (Wildman–Crippen MR) is 86.4 cm³/mol. The zero-order valence-electron chi connectivity index (χ0n) is 12.6. The molecule has 1 unspecified atom stereocenters. The van der Waals surface area contributed by atoms with Crippen LogP contribution in [0, 0.1) is 11.3 Å². The van der Waals surface area contributed by atoms with Crippen LogP contribution in [-0.2, 0) is 0 Å². The highest BCUT2D eigenvalue weighted by Gasteiger charge is 2.53. The van der Waals surface area contributed by atoms with Crippen molar-refractivity contribution in [3.05, 3.63) is 42.0 Å². The molecular weight excluding hydrogens is 258 g/mol. The zero-order chi connectivity index (χ0) is 14.4. The molecule has 2 aliphatic carbocycles. The van der Waals surface area contributed by atoms with Gasteiger partial charge < -0.3 is 10.4 Å². The smallest absolute Gasteiger partial charge is 0.128 e. The third kappa shape index (κ3) is 2.32. The topological polar surface area (TPSA) is 32.3 Å². The van der Waals surface area contributed by atoms with Gasteiger partial charge in [0.25, 0.3) is 0 Å². The summed E-state index contributed by atoms with van der Waals surface area (Å²) in [5.74, 6) is 1.41. The van der Waals surface area contributed by atoms with E-state index in [1.165, 1.54) is 25.7 Å². The van der Waals surface area contributed by atoms with Crippen molar-refractivity contribution in [2.24, 2.45) is 11.3 Å². The van der Waals surface area contributed by atoms with E-state index < -0.39 is 0 Å². The molecule has 0 heterocycles. The largest absolute Gasteiger partial charge is 0.507 e. The average Bonchev–Trinajstić information content (AvgIpc) is 3.38. The molecule has 2 fully saturated rings. The zero-order valence-corrected chi connectivity index (χ0v) is 12.6. The van der Waals surface area contributed by atoms with Crippen molar-refractivity contribution in [2.45, 2.75) is 38.6 Å². The van der Waals surface area contributed by atoms with Gasteiger partial charge >= 0.3 is 0 Å². The minimum Gasteiger partial charge on any atom is -0.507 e. The van der Waals surface area contributed by atoms with Gasteiger partial charge in [0.1, 0.15) is 5.75 Å². The number of nitrogens with one attached hydrogen (secondary N) is 1. The highest BCUT2D eigenvalue weighted by Crippen LogP contribution is 2.61. The van der Waals surface area contributed by atoms with Gasteiger partial charge in [0.05, 0.1) is 0 Å². The molecule has 2 heteroatoms. The van der Waals surface area contributed by atoms with Crippen LogP contribution in [0.2, 0.25) is 0 Å². The van der Waals surface area contributed by atoms with Gasteiger partial charge in [-0.05, 0) is 49.3 Å². The first-order valence-corrected chi connectivity index (χ1v) is 8.14. The van der Waals surface area contributed by atoms with Crippen LogP contribution in [0.5, 0.6) is 5.75 Å². The van der Waals surface area contributed by atoms with Gasteiger partial charge in [0.2, 0.25) is 0 Å². The fraction of sp³-hybridized carbons (Fsp3) is 0.474. The number of fused-ring (bicyclic) bond motifs is 1. The second-order valence-electron chi connectivity index (χ2n) is 6.96. The lowest BCUT2D eigenvalue weighted by Gasteiger charge is -2.21. The van der Waals surface area contributed by atoms with Crippen LogP contribution < -0.4 is 5.32 Å². The van der Waals surface area contributed by atoms with Gasteiger partial charge in [0, 0.05) is 23.5 Å². The maximum atomic E-state index is 10.5. The van der Waals surface area contributed by atoms with E-state index in [2.05, 4.69) is 24.4 Å². The van der Waals surface area contributed by atoms with E-state index in [-0.39, 0.29) is 6.04 Å². The molecule has 0 amide bonds. The van der Waals surface area contributed by atoms with Gasteiger partial charge in [-0.2, -0.15) is 0 Å². The highest BCUT2D eigenvalue weighted by molar-refractivity contribution is 5.89. The Morgan fingerprint density at radius 1 is 1.19 bits per heavy atom. The third-order valence-electron chi connectivity index (χ3n) is 5.49.